The van der Waals surface area contributed by atoms with Gasteiger partial charge in [-0.2, -0.15) is 10.2 Å². The number of benzene rings is 2. The molecule has 0 saturated carbocycles. The number of rotatable bonds is 4. The van der Waals surface area contributed by atoms with Crippen molar-refractivity contribution in [3.8, 4) is 28.5 Å². The summed E-state index contributed by atoms with van der Waals surface area (Å²) >= 11 is 0. The lowest BCUT2D eigenvalue weighted by Gasteiger charge is -2.11. The summed E-state index contributed by atoms with van der Waals surface area (Å²) in [7, 11) is 0. The molecular formula is C23H14F3N5O2. The molecule has 3 aromatic heterocycles. The summed E-state index contributed by atoms with van der Waals surface area (Å²) in [5.41, 5.74) is 2.28. The minimum absolute atomic E-state index is 0.136. The van der Waals surface area contributed by atoms with Crippen LogP contribution in [0.1, 0.15) is 0 Å². The van der Waals surface area contributed by atoms with Gasteiger partial charge in [-0.3, -0.25) is 9.78 Å². The predicted molar refractivity (Wildman–Crippen MR) is 114 cm³/mol. The fourth-order valence-corrected chi connectivity index (χ4v) is 3.41. The zero-order chi connectivity index (χ0) is 23.0. The number of hydrogen-bond acceptors (Lipinski definition) is 5. The van der Waals surface area contributed by atoms with Gasteiger partial charge in [0.2, 0.25) is 5.43 Å². The first-order valence-corrected chi connectivity index (χ1v) is 9.73. The van der Waals surface area contributed by atoms with Gasteiger partial charge in [0.15, 0.2) is 5.69 Å². The van der Waals surface area contributed by atoms with E-state index in [1.165, 1.54) is 41.2 Å². The Morgan fingerprint density at radius 3 is 2.45 bits per heavy atom. The third kappa shape index (κ3) is 4.18. The molecule has 0 spiro atoms. The van der Waals surface area contributed by atoms with Gasteiger partial charge in [0, 0.05) is 23.8 Å². The molecule has 0 aliphatic rings. The molecule has 0 aliphatic carbocycles. The van der Waals surface area contributed by atoms with Gasteiger partial charge in [0.1, 0.15) is 5.75 Å². The van der Waals surface area contributed by atoms with E-state index >= 15 is 0 Å². The fourth-order valence-electron chi connectivity index (χ4n) is 3.41. The predicted octanol–water partition coefficient (Wildman–Crippen LogP) is 4.53. The number of aromatic nitrogens is 5. The highest BCUT2D eigenvalue weighted by Gasteiger charge is 2.31. The third-order valence-corrected chi connectivity index (χ3v) is 4.86. The van der Waals surface area contributed by atoms with Crippen LogP contribution >= 0.6 is 0 Å². The SMILES string of the molecule is O=c1ccn(-c2ccc(OC(F)(F)F)cc2)nc1-c1ccnn1-c1ccc2ncccc2c1. The van der Waals surface area contributed by atoms with Gasteiger partial charge in [-0.25, -0.2) is 9.36 Å². The fraction of sp³-hybridized carbons (Fsp3) is 0.0435. The first kappa shape index (κ1) is 20.4. The highest BCUT2D eigenvalue weighted by Crippen LogP contribution is 2.24. The van der Waals surface area contributed by atoms with Gasteiger partial charge in [-0.15, -0.1) is 13.2 Å². The second-order valence-electron chi connectivity index (χ2n) is 7.02. The molecule has 7 nitrogen and oxygen atoms in total. The largest absolute Gasteiger partial charge is 0.573 e. The van der Waals surface area contributed by atoms with E-state index in [0.717, 1.165) is 16.6 Å². The smallest absolute Gasteiger partial charge is 0.406 e. The van der Waals surface area contributed by atoms with Gasteiger partial charge < -0.3 is 4.74 Å². The number of hydrogen-bond donors (Lipinski definition) is 0. The van der Waals surface area contributed by atoms with Crippen molar-refractivity contribution in [2.45, 2.75) is 6.36 Å². The molecule has 0 unspecified atom stereocenters. The van der Waals surface area contributed by atoms with Crippen LogP contribution in [0, 0.1) is 0 Å². The van der Waals surface area contributed by atoms with Gasteiger partial charge >= 0.3 is 6.36 Å². The summed E-state index contributed by atoms with van der Waals surface area (Å²) in [6.45, 7) is 0. The molecule has 33 heavy (non-hydrogen) atoms. The van der Waals surface area contributed by atoms with Crippen molar-refractivity contribution < 1.29 is 17.9 Å². The van der Waals surface area contributed by atoms with Crippen LogP contribution in [0.2, 0.25) is 0 Å². The number of halogens is 3. The van der Waals surface area contributed by atoms with Crippen molar-refractivity contribution >= 4 is 10.9 Å². The van der Waals surface area contributed by atoms with E-state index in [2.05, 4.69) is 19.9 Å². The Balaban J connectivity index is 1.53. The molecule has 0 saturated heterocycles. The van der Waals surface area contributed by atoms with E-state index in [9.17, 15) is 18.0 Å². The first-order valence-electron chi connectivity index (χ1n) is 9.73. The highest BCUT2D eigenvalue weighted by atomic mass is 19.4. The topological polar surface area (TPSA) is 74.8 Å². The van der Waals surface area contributed by atoms with Crippen molar-refractivity contribution in [3.05, 3.63) is 95.5 Å². The molecule has 0 N–H and O–H groups in total. The molecule has 0 bridgehead atoms. The second kappa shape index (κ2) is 7.90. The summed E-state index contributed by atoms with van der Waals surface area (Å²) in [5, 5.41) is 9.66. The Morgan fingerprint density at radius 1 is 0.879 bits per heavy atom. The average Bonchev–Trinajstić information content (AvgIpc) is 3.28. The molecule has 0 aliphatic heterocycles. The van der Waals surface area contributed by atoms with E-state index in [4.69, 9.17) is 0 Å². The third-order valence-electron chi connectivity index (χ3n) is 4.86. The number of pyridine rings is 1. The van der Waals surface area contributed by atoms with Crippen molar-refractivity contribution in [1.29, 1.82) is 0 Å². The lowest BCUT2D eigenvalue weighted by Crippen LogP contribution is -2.17. The highest BCUT2D eigenvalue weighted by molar-refractivity contribution is 5.80. The summed E-state index contributed by atoms with van der Waals surface area (Å²) in [6.07, 6.45) is -0.0701. The minimum Gasteiger partial charge on any atom is -0.406 e. The number of ether oxygens (including phenoxy) is 1. The molecule has 5 rings (SSSR count). The standard InChI is InChI=1S/C23H14F3N5O2/c24-23(25,26)33-18-6-3-16(4-7-18)30-13-10-21(32)22(29-30)20-9-12-28-31(20)17-5-8-19-15(14-17)2-1-11-27-19/h1-14H. The maximum atomic E-state index is 12.6. The van der Waals surface area contributed by atoms with Crippen LogP contribution in [0.5, 0.6) is 5.75 Å². The summed E-state index contributed by atoms with van der Waals surface area (Å²) < 4.78 is 44.1. The summed E-state index contributed by atoms with van der Waals surface area (Å²) in [4.78, 5) is 16.9. The molecule has 10 heteroatoms. The molecule has 0 fully saturated rings. The van der Waals surface area contributed by atoms with Crippen molar-refractivity contribution in [1.82, 2.24) is 24.5 Å². The Morgan fingerprint density at radius 2 is 1.67 bits per heavy atom. The van der Waals surface area contributed by atoms with E-state index < -0.39 is 6.36 Å². The molecular weight excluding hydrogens is 435 g/mol. The van der Waals surface area contributed by atoms with Gasteiger partial charge in [-0.1, -0.05) is 6.07 Å². The van der Waals surface area contributed by atoms with Crippen LogP contribution in [-0.2, 0) is 0 Å². The van der Waals surface area contributed by atoms with Crippen molar-refractivity contribution in [2.24, 2.45) is 0 Å². The molecule has 0 radical (unpaired) electrons. The monoisotopic (exact) mass is 449 g/mol. The van der Waals surface area contributed by atoms with Crippen molar-refractivity contribution in [3.63, 3.8) is 0 Å². The van der Waals surface area contributed by atoms with Crippen LogP contribution in [0.15, 0.2) is 90.1 Å². The zero-order valence-corrected chi connectivity index (χ0v) is 16.8. The minimum atomic E-state index is -4.78. The van der Waals surface area contributed by atoms with Crippen LogP contribution in [-0.4, -0.2) is 30.9 Å². The molecule has 164 valence electrons. The van der Waals surface area contributed by atoms with Crippen LogP contribution < -0.4 is 10.2 Å². The van der Waals surface area contributed by atoms with E-state index in [-0.39, 0.29) is 16.9 Å². The first-order chi connectivity index (χ1) is 15.9. The summed E-state index contributed by atoms with van der Waals surface area (Å²) in [5.74, 6) is -0.351. The normalized spacial score (nSPS) is 11.6. The Labute approximate surface area is 184 Å². The van der Waals surface area contributed by atoms with Crippen molar-refractivity contribution in [2.75, 3.05) is 0 Å². The maximum Gasteiger partial charge on any atom is 0.573 e. The second-order valence-corrected chi connectivity index (χ2v) is 7.02. The van der Waals surface area contributed by atoms with Gasteiger partial charge in [0.25, 0.3) is 0 Å². The van der Waals surface area contributed by atoms with Crippen LogP contribution in [0.3, 0.4) is 0 Å². The zero-order valence-electron chi connectivity index (χ0n) is 16.8. The van der Waals surface area contributed by atoms with E-state index in [1.807, 2.05) is 30.3 Å². The Hall–Kier alpha value is -4.47. The number of nitrogens with zero attached hydrogens (tertiary/aromatic N) is 5. The Bertz CT molecular complexity index is 1510. The Kier molecular flexibility index (Phi) is 4.89. The summed E-state index contributed by atoms with van der Waals surface area (Å²) in [6, 6.07) is 17.5. The average molecular weight is 449 g/mol. The quantitative estimate of drug-likeness (QED) is 0.403. The van der Waals surface area contributed by atoms with E-state index in [1.54, 1.807) is 23.1 Å². The lowest BCUT2D eigenvalue weighted by molar-refractivity contribution is -0.274. The molecule has 0 atom stereocenters. The molecule has 0 amide bonds. The van der Waals surface area contributed by atoms with Gasteiger partial charge in [0.05, 0.1) is 28.8 Å². The maximum absolute atomic E-state index is 12.6. The van der Waals surface area contributed by atoms with Gasteiger partial charge in [-0.05, 0) is 54.6 Å². The lowest BCUT2D eigenvalue weighted by atomic mass is 10.2. The molecule has 5 aromatic rings. The molecule has 3 heterocycles. The van der Waals surface area contributed by atoms with Crippen LogP contribution in [0.4, 0.5) is 13.2 Å². The number of fused-ring (bicyclic) bond motifs is 1. The van der Waals surface area contributed by atoms with Crippen LogP contribution in [0.25, 0.3) is 33.7 Å². The molecule has 2 aromatic carbocycles. The van der Waals surface area contributed by atoms with E-state index in [0.29, 0.717) is 11.4 Å². The number of alkyl halides is 3.